The second kappa shape index (κ2) is 4.73. The largest absolute Gasteiger partial charge is 0.492 e. The van der Waals surface area contributed by atoms with E-state index in [1.807, 2.05) is 18.2 Å². The van der Waals surface area contributed by atoms with Crippen LogP contribution in [0.3, 0.4) is 0 Å². The van der Waals surface area contributed by atoms with Crippen LogP contribution in [-0.4, -0.2) is 22.1 Å². The molecule has 3 rings (SSSR count). The molecule has 0 saturated carbocycles. The molecule has 0 radical (unpaired) electrons. The predicted octanol–water partition coefficient (Wildman–Crippen LogP) is 2.42. The highest BCUT2D eigenvalue weighted by Crippen LogP contribution is 2.28. The number of nitrogens with zero attached hydrogens (tertiary/aromatic N) is 3. The van der Waals surface area contributed by atoms with Gasteiger partial charge in [-0.2, -0.15) is 4.39 Å². The van der Waals surface area contributed by atoms with Crippen molar-refractivity contribution in [3.8, 4) is 16.9 Å². The standard InChI is InChI=1S/C14H11FN4O/c1-20-12-5-9(6-17-13(12)15)8-2-3-11-10(4-8)14(16)19-7-18-11/h2-7H,1H3,(H2,16,18,19). The Balaban J connectivity index is 2.17. The van der Waals surface area contributed by atoms with Gasteiger partial charge in [0.15, 0.2) is 5.75 Å². The lowest BCUT2D eigenvalue weighted by Gasteiger charge is -2.07. The van der Waals surface area contributed by atoms with Crippen LogP contribution in [0.2, 0.25) is 0 Å². The third-order valence-electron chi connectivity index (χ3n) is 3.03. The van der Waals surface area contributed by atoms with E-state index in [0.717, 1.165) is 22.0 Å². The van der Waals surface area contributed by atoms with Crippen molar-refractivity contribution in [3.05, 3.63) is 42.7 Å². The van der Waals surface area contributed by atoms with Crippen molar-refractivity contribution in [2.45, 2.75) is 0 Å². The Hall–Kier alpha value is -2.76. The Bertz CT molecular complexity index is 791. The van der Waals surface area contributed by atoms with Gasteiger partial charge in [0.25, 0.3) is 5.95 Å². The number of benzene rings is 1. The van der Waals surface area contributed by atoms with Crippen LogP contribution in [-0.2, 0) is 0 Å². The molecule has 0 amide bonds. The highest BCUT2D eigenvalue weighted by molar-refractivity contribution is 5.91. The van der Waals surface area contributed by atoms with E-state index < -0.39 is 5.95 Å². The van der Waals surface area contributed by atoms with Crippen LogP contribution in [0.4, 0.5) is 10.2 Å². The summed E-state index contributed by atoms with van der Waals surface area (Å²) in [5, 5.41) is 0.744. The Morgan fingerprint density at radius 1 is 1.10 bits per heavy atom. The van der Waals surface area contributed by atoms with E-state index in [-0.39, 0.29) is 5.75 Å². The van der Waals surface area contributed by atoms with Crippen molar-refractivity contribution in [2.24, 2.45) is 0 Å². The first-order valence-electron chi connectivity index (χ1n) is 5.89. The summed E-state index contributed by atoms with van der Waals surface area (Å²) in [7, 11) is 1.40. The maximum Gasteiger partial charge on any atom is 0.255 e. The molecule has 2 N–H and O–H groups in total. The van der Waals surface area contributed by atoms with Crippen molar-refractivity contribution < 1.29 is 9.13 Å². The first-order chi connectivity index (χ1) is 9.69. The summed E-state index contributed by atoms with van der Waals surface area (Å²) in [5.41, 5.74) is 8.15. The summed E-state index contributed by atoms with van der Waals surface area (Å²) in [5.74, 6) is -0.140. The van der Waals surface area contributed by atoms with E-state index in [4.69, 9.17) is 10.5 Å². The number of methoxy groups -OCH3 is 1. The normalized spacial score (nSPS) is 10.7. The lowest BCUT2D eigenvalue weighted by molar-refractivity contribution is 0.378. The molecular weight excluding hydrogens is 259 g/mol. The number of nitrogen functional groups attached to an aromatic ring is 1. The molecule has 0 fully saturated rings. The molecular formula is C14H11FN4O. The zero-order valence-corrected chi connectivity index (χ0v) is 10.7. The average Bonchev–Trinajstić information content (AvgIpc) is 2.48. The van der Waals surface area contributed by atoms with Gasteiger partial charge >= 0.3 is 0 Å². The van der Waals surface area contributed by atoms with Crippen molar-refractivity contribution in [1.29, 1.82) is 0 Å². The molecule has 1 aromatic carbocycles. The number of ether oxygens (including phenoxy) is 1. The Morgan fingerprint density at radius 2 is 1.95 bits per heavy atom. The fourth-order valence-electron chi connectivity index (χ4n) is 1.99. The number of halogens is 1. The summed E-state index contributed by atoms with van der Waals surface area (Å²) in [6.45, 7) is 0. The number of pyridine rings is 1. The number of rotatable bonds is 2. The second-order valence-corrected chi connectivity index (χ2v) is 4.21. The molecule has 0 spiro atoms. The van der Waals surface area contributed by atoms with Gasteiger partial charge in [-0.1, -0.05) is 6.07 Å². The first-order valence-corrected chi connectivity index (χ1v) is 5.89. The molecule has 20 heavy (non-hydrogen) atoms. The first kappa shape index (κ1) is 12.3. The van der Waals surface area contributed by atoms with E-state index >= 15 is 0 Å². The summed E-state index contributed by atoms with van der Waals surface area (Å²) in [6.07, 6.45) is 2.86. The SMILES string of the molecule is COc1cc(-c2ccc3ncnc(N)c3c2)cnc1F. The van der Waals surface area contributed by atoms with Gasteiger partial charge in [-0.15, -0.1) is 0 Å². The summed E-state index contributed by atoms with van der Waals surface area (Å²) >= 11 is 0. The third-order valence-corrected chi connectivity index (χ3v) is 3.03. The van der Waals surface area contributed by atoms with Gasteiger partial charge in [-0.05, 0) is 23.8 Å². The number of aromatic nitrogens is 3. The van der Waals surface area contributed by atoms with Gasteiger partial charge in [-0.3, -0.25) is 0 Å². The topological polar surface area (TPSA) is 73.9 Å². The molecule has 100 valence electrons. The summed E-state index contributed by atoms with van der Waals surface area (Å²) < 4.78 is 18.3. The molecule has 0 aliphatic rings. The molecule has 0 aliphatic carbocycles. The highest BCUT2D eigenvalue weighted by atomic mass is 19.1. The fourth-order valence-corrected chi connectivity index (χ4v) is 1.99. The van der Waals surface area contributed by atoms with Crippen molar-refractivity contribution in [1.82, 2.24) is 15.0 Å². The molecule has 0 bridgehead atoms. The van der Waals surface area contributed by atoms with Gasteiger partial charge in [0.1, 0.15) is 12.1 Å². The zero-order valence-electron chi connectivity index (χ0n) is 10.7. The van der Waals surface area contributed by atoms with E-state index in [1.54, 1.807) is 6.07 Å². The van der Waals surface area contributed by atoms with Gasteiger partial charge in [0.2, 0.25) is 0 Å². The summed E-state index contributed by atoms with van der Waals surface area (Å²) in [6, 6.07) is 7.13. The Labute approximate surface area is 114 Å². The number of nitrogens with two attached hydrogens (primary N) is 1. The predicted molar refractivity (Wildman–Crippen MR) is 73.7 cm³/mol. The van der Waals surface area contributed by atoms with Crippen LogP contribution in [0.1, 0.15) is 0 Å². The molecule has 5 nitrogen and oxygen atoms in total. The van der Waals surface area contributed by atoms with Crippen molar-refractivity contribution in [2.75, 3.05) is 12.8 Å². The highest BCUT2D eigenvalue weighted by Gasteiger charge is 2.08. The minimum absolute atomic E-state index is 0.0971. The Kier molecular flexibility index (Phi) is 2.90. The molecule has 2 aromatic heterocycles. The van der Waals surface area contributed by atoms with Crippen LogP contribution in [0.25, 0.3) is 22.0 Å². The van der Waals surface area contributed by atoms with E-state index in [0.29, 0.717) is 5.82 Å². The average molecular weight is 270 g/mol. The number of hydrogen-bond acceptors (Lipinski definition) is 5. The molecule has 0 saturated heterocycles. The van der Waals surface area contributed by atoms with E-state index in [1.165, 1.54) is 19.6 Å². The zero-order chi connectivity index (χ0) is 14.1. The fraction of sp³-hybridized carbons (Fsp3) is 0.0714. The molecule has 2 heterocycles. The van der Waals surface area contributed by atoms with Gasteiger partial charge in [0.05, 0.1) is 12.6 Å². The monoisotopic (exact) mass is 270 g/mol. The second-order valence-electron chi connectivity index (χ2n) is 4.21. The molecule has 0 unspecified atom stereocenters. The number of anilines is 1. The molecule has 0 atom stereocenters. The van der Waals surface area contributed by atoms with Crippen LogP contribution >= 0.6 is 0 Å². The lowest BCUT2D eigenvalue weighted by atomic mass is 10.1. The molecule has 0 aliphatic heterocycles. The van der Waals surface area contributed by atoms with Crippen LogP contribution in [0.15, 0.2) is 36.8 Å². The van der Waals surface area contributed by atoms with Crippen molar-refractivity contribution >= 4 is 16.7 Å². The number of hydrogen-bond donors (Lipinski definition) is 1. The third kappa shape index (κ3) is 2.01. The quantitative estimate of drug-likeness (QED) is 0.724. The Morgan fingerprint density at radius 3 is 2.75 bits per heavy atom. The van der Waals surface area contributed by atoms with Crippen LogP contribution < -0.4 is 10.5 Å². The van der Waals surface area contributed by atoms with E-state index in [9.17, 15) is 4.39 Å². The molecule has 6 heteroatoms. The molecule has 3 aromatic rings. The maximum atomic E-state index is 13.3. The van der Waals surface area contributed by atoms with E-state index in [2.05, 4.69) is 15.0 Å². The number of fused-ring (bicyclic) bond motifs is 1. The maximum absolute atomic E-state index is 13.3. The van der Waals surface area contributed by atoms with Gasteiger partial charge in [0, 0.05) is 17.1 Å². The van der Waals surface area contributed by atoms with Gasteiger partial charge < -0.3 is 10.5 Å². The smallest absolute Gasteiger partial charge is 0.255 e. The van der Waals surface area contributed by atoms with Gasteiger partial charge in [-0.25, -0.2) is 15.0 Å². The van der Waals surface area contributed by atoms with Crippen LogP contribution in [0, 0.1) is 5.95 Å². The summed E-state index contributed by atoms with van der Waals surface area (Å²) in [4.78, 5) is 11.8. The van der Waals surface area contributed by atoms with Crippen LogP contribution in [0.5, 0.6) is 5.75 Å². The van der Waals surface area contributed by atoms with Crippen molar-refractivity contribution in [3.63, 3.8) is 0 Å². The lowest BCUT2D eigenvalue weighted by Crippen LogP contribution is -1.94. The minimum atomic E-state index is -0.639. The minimum Gasteiger partial charge on any atom is -0.492 e.